The van der Waals surface area contributed by atoms with E-state index >= 15 is 0 Å². The Morgan fingerprint density at radius 1 is 1.12 bits per heavy atom. The van der Waals surface area contributed by atoms with Crippen LogP contribution in [0.1, 0.15) is 76.2 Å². The lowest BCUT2D eigenvalue weighted by molar-refractivity contribution is -0.127. The van der Waals surface area contributed by atoms with Crippen molar-refractivity contribution in [3.05, 3.63) is 52.6 Å². The number of carbonyl (C=O) groups is 2. The molecule has 34 heavy (non-hydrogen) atoms. The number of anilines is 1. The first-order valence-electron chi connectivity index (χ1n) is 12.8. The number of aliphatic hydroxyl groups is 1. The Morgan fingerprint density at radius 2 is 1.91 bits per heavy atom. The third kappa shape index (κ3) is 3.95. The van der Waals surface area contributed by atoms with E-state index in [0.29, 0.717) is 36.9 Å². The highest BCUT2D eigenvalue weighted by molar-refractivity contribution is 5.93. The van der Waals surface area contributed by atoms with E-state index in [1.807, 2.05) is 18.2 Å². The SMILES string of the molecule is C[C@]12C[C@H](c3ccc(N)cc3)C3=C4CCC(=O)C=C4CC[C@H]3[C@@H]1CC[C@@H]2C(=O)CCC#CCO. The number of nitrogens with two attached hydrogens (primary N) is 1. The molecule has 0 spiro atoms. The monoisotopic (exact) mass is 457 g/mol. The molecule has 0 bridgehead atoms. The minimum absolute atomic E-state index is 0.0338. The molecule has 0 amide bonds. The summed E-state index contributed by atoms with van der Waals surface area (Å²) >= 11 is 0. The molecule has 1 aromatic carbocycles. The number of hydrogen-bond acceptors (Lipinski definition) is 4. The second-order valence-electron chi connectivity index (χ2n) is 10.9. The standard InChI is InChI=1S/C30H35NO3/c1-30-18-25(19-6-9-21(31)10-7-19)29-23-13-11-22(33)17-20(23)8-12-24(29)26(30)14-15-27(30)28(34)5-3-2-4-16-32/h6-7,9-10,17,24-27,32H,3,5,8,11-16,18,31H2,1H3/t24-,25+,26-,27+,30-/m0/s1. The molecule has 178 valence electrons. The summed E-state index contributed by atoms with van der Waals surface area (Å²) in [4.78, 5) is 25.5. The molecule has 2 fully saturated rings. The van der Waals surface area contributed by atoms with Gasteiger partial charge in [-0.05, 0) is 90.7 Å². The van der Waals surface area contributed by atoms with Gasteiger partial charge in [0.1, 0.15) is 12.4 Å². The summed E-state index contributed by atoms with van der Waals surface area (Å²) in [5.74, 6) is 7.51. The van der Waals surface area contributed by atoms with Crippen LogP contribution in [0.5, 0.6) is 0 Å². The van der Waals surface area contributed by atoms with Crippen LogP contribution < -0.4 is 5.73 Å². The van der Waals surface area contributed by atoms with Crippen LogP contribution in [0.4, 0.5) is 5.69 Å². The number of fused-ring (bicyclic) bond motifs is 4. The van der Waals surface area contributed by atoms with Crippen LogP contribution in [-0.4, -0.2) is 23.3 Å². The van der Waals surface area contributed by atoms with Crippen LogP contribution in [0.3, 0.4) is 0 Å². The highest BCUT2D eigenvalue weighted by Crippen LogP contribution is 2.65. The summed E-state index contributed by atoms with van der Waals surface area (Å²) in [6, 6.07) is 8.31. The van der Waals surface area contributed by atoms with Gasteiger partial charge in [0.25, 0.3) is 0 Å². The van der Waals surface area contributed by atoms with Gasteiger partial charge in [-0.25, -0.2) is 0 Å². The first kappa shape index (κ1) is 23.1. The van der Waals surface area contributed by atoms with Gasteiger partial charge in [0.15, 0.2) is 5.78 Å². The van der Waals surface area contributed by atoms with E-state index in [2.05, 4.69) is 30.9 Å². The van der Waals surface area contributed by atoms with Crippen molar-refractivity contribution in [3.63, 3.8) is 0 Å². The molecule has 4 aliphatic carbocycles. The van der Waals surface area contributed by atoms with Gasteiger partial charge in [0.2, 0.25) is 0 Å². The summed E-state index contributed by atoms with van der Waals surface area (Å²) in [6.45, 7) is 2.22. The van der Waals surface area contributed by atoms with E-state index in [4.69, 9.17) is 10.8 Å². The Labute approximate surface area is 202 Å². The largest absolute Gasteiger partial charge is 0.399 e. The van der Waals surface area contributed by atoms with Crippen LogP contribution >= 0.6 is 0 Å². The number of allylic oxidation sites excluding steroid dienone is 4. The van der Waals surface area contributed by atoms with Gasteiger partial charge in [-0.1, -0.05) is 30.6 Å². The molecule has 3 N–H and O–H groups in total. The molecule has 1 aromatic rings. The predicted octanol–water partition coefficient (Wildman–Crippen LogP) is 5.13. The van der Waals surface area contributed by atoms with E-state index < -0.39 is 0 Å². The van der Waals surface area contributed by atoms with Crippen molar-refractivity contribution in [3.8, 4) is 11.8 Å². The molecule has 4 aliphatic rings. The second kappa shape index (κ2) is 9.19. The second-order valence-corrected chi connectivity index (χ2v) is 10.9. The van der Waals surface area contributed by atoms with Crippen molar-refractivity contribution in [1.82, 2.24) is 0 Å². The van der Waals surface area contributed by atoms with Crippen molar-refractivity contribution < 1.29 is 14.7 Å². The zero-order valence-electron chi connectivity index (χ0n) is 20.1. The minimum Gasteiger partial charge on any atom is -0.399 e. The highest BCUT2D eigenvalue weighted by Gasteiger charge is 2.57. The number of carbonyl (C=O) groups excluding carboxylic acids is 2. The predicted molar refractivity (Wildman–Crippen MR) is 134 cm³/mol. The maximum atomic E-state index is 13.4. The van der Waals surface area contributed by atoms with Gasteiger partial charge in [-0.15, -0.1) is 5.92 Å². The molecule has 2 saturated carbocycles. The summed E-state index contributed by atoms with van der Waals surface area (Å²) in [5.41, 5.74) is 12.3. The molecular formula is C30H35NO3. The minimum atomic E-state index is -0.151. The first-order chi connectivity index (χ1) is 16.4. The molecule has 0 aromatic heterocycles. The van der Waals surface area contributed by atoms with E-state index in [1.165, 1.54) is 16.7 Å². The molecule has 0 saturated heterocycles. The van der Waals surface area contributed by atoms with Crippen LogP contribution in [-0.2, 0) is 9.59 Å². The molecule has 4 nitrogen and oxygen atoms in total. The van der Waals surface area contributed by atoms with Gasteiger partial charge in [0.05, 0.1) is 0 Å². The van der Waals surface area contributed by atoms with Gasteiger partial charge < -0.3 is 10.8 Å². The van der Waals surface area contributed by atoms with Gasteiger partial charge in [-0.3, -0.25) is 9.59 Å². The van der Waals surface area contributed by atoms with E-state index in [1.54, 1.807) is 5.57 Å². The Balaban J connectivity index is 1.54. The lowest BCUT2D eigenvalue weighted by atomic mass is 9.51. The third-order valence-electron chi connectivity index (χ3n) is 9.16. The van der Waals surface area contributed by atoms with Crippen molar-refractivity contribution in [2.24, 2.45) is 23.2 Å². The number of ketones is 2. The number of aliphatic hydroxyl groups excluding tert-OH is 1. The molecule has 0 aliphatic heterocycles. The van der Waals surface area contributed by atoms with Crippen LogP contribution in [0.2, 0.25) is 0 Å². The van der Waals surface area contributed by atoms with Gasteiger partial charge >= 0.3 is 0 Å². The average Bonchev–Trinajstić information content (AvgIpc) is 3.18. The van der Waals surface area contributed by atoms with Crippen molar-refractivity contribution in [2.45, 2.75) is 70.6 Å². The number of nitrogen functional groups attached to an aromatic ring is 1. The zero-order chi connectivity index (χ0) is 23.9. The fourth-order valence-electron chi connectivity index (χ4n) is 7.72. The quantitative estimate of drug-likeness (QED) is 0.485. The summed E-state index contributed by atoms with van der Waals surface area (Å²) in [6.07, 6.45) is 9.46. The average molecular weight is 458 g/mol. The number of Topliss-reactive ketones (excluding diaryl/α,β-unsaturated/α-hetero) is 1. The van der Waals surface area contributed by atoms with E-state index in [0.717, 1.165) is 44.2 Å². The zero-order valence-corrected chi connectivity index (χ0v) is 20.1. The van der Waals surface area contributed by atoms with Gasteiger partial charge in [-0.2, -0.15) is 0 Å². The van der Waals surface area contributed by atoms with Crippen LogP contribution in [0.15, 0.2) is 47.1 Å². The summed E-state index contributed by atoms with van der Waals surface area (Å²) in [7, 11) is 0. The molecule has 5 rings (SSSR count). The maximum Gasteiger partial charge on any atom is 0.156 e. The molecule has 4 heteroatoms. The Morgan fingerprint density at radius 3 is 2.68 bits per heavy atom. The van der Waals surface area contributed by atoms with Crippen molar-refractivity contribution in [2.75, 3.05) is 12.3 Å². The maximum absolute atomic E-state index is 13.4. The molecule has 0 unspecified atom stereocenters. The third-order valence-corrected chi connectivity index (χ3v) is 9.16. The smallest absolute Gasteiger partial charge is 0.156 e. The van der Waals surface area contributed by atoms with E-state index in [-0.39, 0.29) is 29.6 Å². The lowest BCUT2D eigenvalue weighted by Crippen LogP contribution is -2.45. The molecule has 5 atom stereocenters. The Hall–Kier alpha value is -2.64. The number of hydrogen-bond donors (Lipinski definition) is 2. The number of benzene rings is 1. The normalized spacial score (nSPS) is 32.2. The van der Waals surface area contributed by atoms with Crippen molar-refractivity contribution >= 4 is 17.3 Å². The summed E-state index contributed by atoms with van der Waals surface area (Å²) < 4.78 is 0. The lowest BCUT2D eigenvalue weighted by Gasteiger charge is -2.52. The van der Waals surface area contributed by atoms with Gasteiger partial charge in [0, 0.05) is 36.8 Å². The topological polar surface area (TPSA) is 80.4 Å². The van der Waals surface area contributed by atoms with Crippen LogP contribution in [0, 0.1) is 35.0 Å². The first-order valence-corrected chi connectivity index (χ1v) is 12.8. The fourth-order valence-corrected chi connectivity index (χ4v) is 7.72. The molecule has 0 heterocycles. The Bertz CT molecular complexity index is 1120. The molecule has 0 radical (unpaired) electrons. The highest BCUT2D eigenvalue weighted by atomic mass is 16.2. The van der Waals surface area contributed by atoms with E-state index in [9.17, 15) is 9.59 Å². The van der Waals surface area contributed by atoms with Crippen LogP contribution in [0.25, 0.3) is 0 Å². The van der Waals surface area contributed by atoms with Crippen molar-refractivity contribution in [1.29, 1.82) is 0 Å². The fraction of sp³-hybridized carbons (Fsp3) is 0.533. The molecular weight excluding hydrogens is 422 g/mol. The number of rotatable bonds is 4. The Kier molecular flexibility index (Phi) is 6.25. The summed E-state index contributed by atoms with van der Waals surface area (Å²) in [5, 5.41) is 8.91.